The third-order valence-electron chi connectivity index (χ3n) is 2.74. The molecule has 2 N–H and O–H groups in total. The molecule has 1 aromatic rings. The van der Waals surface area contributed by atoms with Crippen LogP contribution in [-0.2, 0) is 11.3 Å². The van der Waals surface area contributed by atoms with Gasteiger partial charge in [0.2, 0.25) is 0 Å². The molecular weight excluding hydrogens is 244 g/mol. The van der Waals surface area contributed by atoms with Crippen LogP contribution in [0.3, 0.4) is 0 Å². The quantitative estimate of drug-likeness (QED) is 0.802. The zero-order valence-corrected chi connectivity index (χ0v) is 10.5. The van der Waals surface area contributed by atoms with Gasteiger partial charge in [0.15, 0.2) is 5.69 Å². The Hall–Kier alpha value is -1.14. The number of carbonyl (C=O) groups is 1. The fraction of sp³-hybridized carbons (Fsp3) is 0.700. The van der Waals surface area contributed by atoms with Gasteiger partial charge in [-0.25, -0.2) is 4.79 Å². The van der Waals surface area contributed by atoms with E-state index in [1.54, 1.807) is 17.8 Å². The Morgan fingerprint density at radius 3 is 2.94 bits per heavy atom. The third-order valence-corrected chi connectivity index (χ3v) is 2.74. The van der Waals surface area contributed by atoms with Crippen molar-refractivity contribution in [2.75, 3.05) is 6.61 Å². The second kappa shape index (κ2) is 5.97. The first kappa shape index (κ1) is 13.9. The summed E-state index contributed by atoms with van der Waals surface area (Å²) in [4.78, 5) is 11.3. The van der Waals surface area contributed by atoms with E-state index >= 15 is 0 Å². The van der Waals surface area contributed by atoms with Crippen LogP contribution < -0.4 is 5.73 Å². The first-order chi connectivity index (χ1) is 7.69. The Bertz CT molecular complexity index is 376. The molecule has 1 aliphatic rings. The largest absolute Gasteiger partial charge is 0.461 e. The van der Waals surface area contributed by atoms with Crippen molar-refractivity contribution in [1.82, 2.24) is 15.0 Å². The number of nitrogens with two attached hydrogens (primary N) is 1. The smallest absolute Gasteiger partial charge is 0.360 e. The number of ether oxygens (including phenoxy) is 1. The minimum absolute atomic E-state index is 0. The lowest BCUT2D eigenvalue weighted by atomic mass is 9.81. The van der Waals surface area contributed by atoms with Crippen LogP contribution in [0.15, 0.2) is 6.20 Å². The lowest BCUT2D eigenvalue weighted by Crippen LogP contribution is -2.38. The van der Waals surface area contributed by atoms with E-state index in [-0.39, 0.29) is 18.1 Å². The monoisotopic (exact) mass is 260 g/mol. The molecule has 0 saturated heterocycles. The van der Waals surface area contributed by atoms with Gasteiger partial charge in [0.05, 0.1) is 12.8 Å². The second-order valence-electron chi connectivity index (χ2n) is 4.14. The number of aromatic nitrogens is 3. The number of nitrogens with zero attached hydrogens (tertiary/aromatic N) is 3. The van der Waals surface area contributed by atoms with Gasteiger partial charge in [-0.05, 0) is 25.7 Å². The number of halogens is 1. The fourth-order valence-electron chi connectivity index (χ4n) is 1.89. The summed E-state index contributed by atoms with van der Waals surface area (Å²) in [5.74, 6) is 0.144. The highest BCUT2D eigenvalue weighted by Gasteiger charge is 2.26. The molecule has 1 aromatic heterocycles. The minimum Gasteiger partial charge on any atom is -0.461 e. The zero-order valence-electron chi connectivity index (χ0n) is 9.70. The molecule has 1 heterocycles. The van der Waals surface area contributed by atoms with Crippen molar-refractivity contribution >= 4 is 18.4 Å². The average Bonchev–Trinajstić information content (AvgIpc) is 2.64. The summed E-state index contributed by atoms with van der Waals surface area (Å²) >= 11 is 0. The van der Waals surface area contributed by atoms with E-state index in [0.717, 1.165) is 19.4 Å². The number of esters is 1. The maximum absolute atomic E-state index is 11.3. The summed E-state index contributed by atoms with van der Waals surface area (Å²) in [6.07, 6.45) is 3.67. The summed E-state index contributed by atoms with van der Waals surface area (Å²) in [7, 11) is 0. The van der Waals surface area contributed by atoms with Crippen molar-refractivity contribution in [3.63, 3.8) is 0 Å². The van der Waals surface area contributed by atoms with Crippen molar-refractivity contribution < 1.29 is 9.53 Å². The zero-order chi connectivity index (χ0) is 11.5. The van der Waals surface area contributed by atoms with E-state index in [4.69, 9.17) is 10.5 Å². The Morgan fingerprint density at radius 2 is 2.35 bits per heavy atom. The number of carbonyl (C=O) groups excluding carboxylic acids is 1. The number of hydrogen-bond donors (Lipinski definition) is 1. The average molecular weight is 261 g/mol. The molecule has 0 bridgehead atoms. The summed E-state index contributed by atoms with van der Waals surface area (Å²) in [5.41, 5.74) is 5.97. The summed E-state index contributed by atoms with van der Waals surface area (Å²) in [5, 5.41) is 7.66. The van der Waals surface area contributed by atoms with Crippen molar-refractivity contribution in [3.05, 3.63) is 11.9 Å². The van der Waals surface area contributed by atoms with Crippen LogP contribution in [0.25, 0.3) is 0 Å². The van der Waals surface area contributed by atoms with Gasteiger partial charge in [0.25, 0.3) is 0 Å². The number of rotatable bonds is 4. The SMILES string of the molecule is CCOC(=O)c1cn(CC2CC(N)C2)nn1.Cl. The maximum Gasteiger partial charge on any atom is 0.360 e. The van der Waals surface area contributed by atoms with Crippen LogP contribution in [0.5, 0.6) is 0 Å². The molecule has 1 fully saturated rings. The standard InChI is InChI=1S/C10H16N4O2.ClH/c1-2-16-10(15)9-6-14(13-12-9)5-7-3-8(11)4-7;/h6-8H,2-5,11H2,1H3;1H. The number of hydrogen-bond acceptors (Lipinski definition) is 5. The van der Waals surface area contributed by atoms with Gasteiger partial charge >= 0.3 is 5.97 Å². The van der Waals surface area contributed by atoms with E-state index in [2.05, 4.69) is 10.3 Å². The normalized spacial score (nSPS) is 22.5. The van der Waals surface area contributed by atoms with Gasteiger partial charge in [-0.3, -0.25) is 4.68 Å². The van der Waals surface area contributed by atoms with Crippen molar-refractivity contribution in [3.8, 4) is 0 Å². The van der Waals surface area contributed by atoms with Gasteiger partial charge in [-0.2, -0.15) is 0 Å². The van der Waals surface area contributed by atoms with Gasteiger partial charge in [0.1, 0.15) is 0 Å². The Morgan fingerprint density at radius 1 is 1.65 bits per heavy atom. The lowest BCUT2D eigenvalue weighted by Gasteiger charge is -2.31. The van der Waals surface area contributed by atoms with E-state index in [0.29, 0.717) is 18.6 Å². The van der Waals surface area contributed by atoms with Gasteiger partial charge in [-0.15, -0.1) is 17.5 Å². The van der Waals surface area contributed by atoms with Gasteiger partial charge < -0.3 is 10.5 Å². The summed E-state index contributed by atoms with van der Waals surface area (Å²) < 4.78 is 6.51. The third kappa shape index (κ3) is 3.41. The van der Waals surface area contributed by atoms with Crippen LogP contribution in [0.4, 0.5) is 0 Å². The van der Waals surface area contributed by atoms with Crippen molar-refractivity contribution in [2.24, 2.45) is 11.7 Å². The molecule has 0 radical (unpaired) electrons. The fourth-order valence-corrected chi connectivity index (χ4v) is 1.89. The topological polar surface area (TPSA) is 83.0 Å². The predicted molar refractivity (Wildman–Crippen MR) is 63.9 cm³/mol. The summed E-state index contributed by atoms with van der Waals surface area (Å²) in [6, 6.07) is 0.332. The molecule has 7 heteroatoms. The lowest BCUT2D eigenvalue weighted by molar-refractivity contribution is 0.0519. The van der Waals surface area contributed by atoms with E-state index in [1.807, 2.05) is 0 Å². The van der Waals surface area contributed by atoms with E-state index in [1.165, 1.54) is 0 Å². The van der Waals surface area contributed by atoms with Crippen LogP contribution in [0, 0.1) is 5.92 Å². The van der Waals surface area contributed by atoms with Crippen molar-refractivity contribution in [1.29, 1.82) is 0 Å². The summed E-state index contributed by atoms with van der Waals surface area (Å²) in [6.45, 7) is 2.89. The first-order valence-corrected chi connectivity index (χ1v) is 5.52. The molecule has 0 aliphatic heterocycles. The minimum atomic E-state index is -0.418. The molecule has 0 unspecified atom stereocenters. The Labute approximate surface area is 106 Å². The Kier molecular flexibility index (Phi) is 4.89. The van der Waals surface area contributed by atoms with Gasteiger partial charge in [0, 0.05) is 12.6 Å². The highest BCUT2D eigenvalue weighted by molar-refractivity contribution is 5.86. The van der Waals surface area contributed by atoms with E-state index in [9.17, 15) is 4.79 Å². The predicted octanol–water partition coefficient (Wildman–Crippen LogP) is 0.614. The first-order valence-electron chi connectivity index (χ1n) is 5.52. The van der Waals surface area contributed by atoms with Crippen molar-refractivity contribution in [2.45, 2.75) is 32.4 Å². The second-order valence-corrected chi connectivity index (χ2v) is 4.14. The molecule has 6 nitrogen and oxygen atoms in total. The van der Waals surface area contributed by atoms with Crippen LogP contribution in [-0.4, -0.2) is 33.6 Å². The molecule has 0 spiro atoms. The molecular formula is C10H17ClN4O2. The highest BCUT2D eigenvalue weighted by atomic mass is 35.5. The van der Waals surface area contributed by atoms with Crippen LogP contribution in [0.1, 0.15) is 30.3 Å². The molecule has 1 saturated carbocycles. The van der Waals surface area contributed by atoms with Crippen LogP contribution in [0.2, 0.25) is 0 Å². The molecule has 0 aromatic carbocycles. The molecule has 2 rings (SSSR count). The molecule has 1 aliphatic carbocycles. The van der Waals surface area contributed by atoms with Crippen LogP contribution >= 0.6 is 12.4 Å². The molecule has 17 heavy (non-hydrogen) atoms. The molecule has 96 valence electrons. The van der Waals surface area contributed by atoms with E-state index < -0.39 is 5.97 Å². The molecule has 0 amide bonds. The van der Waals surface area contributed by atoms with Gasteiger partial charge in [-0.1, -0.05) is 5.21 Å². The Balaban J connectivity index is 0.00000144. The highest BCUT2D eigenvalue weighted by Crippen LogP contribution is 2.26. The maximum atomic E-state index is 11.3. The molecule has 0 atom stereocenters.